The summed E-state index contributed by atoms with van der Waals surface area (Å²) in [7, 11) is 1.88. The number of anilines is 3. The van der Waals surface area contributed by atoms with E-state index < -0.39 is 24.0 Å². The lowest BCUT2D eigenvalue weighted by molar-refractivity contribution is -0.169. The number of amides is 2. The summed E-state index contributed by atoms with van der Waals surface area (Å²) in [6.45, 7) is 10.3. The molecule has 246 valence electrons. The van der Waals surface area contributed by atoms with Crippen molar-refractivity contribution in [2.75, 3.05) is 29.2 Å². The first-order chi connectivity index (χ1) is 21.8. The van der Waals surface area contributed by atoms with E-state index in [9.17, 15) is 14.4 Å². The van der Waals surface area contributed by atoms with E-state index in [2.05, 4.69) is 15.6 Å². The van der Waals surface area contributed by atoms with Crippen molar-refractivity contribution < 1.29 is 28.6 Å². The van der Waals surface area contributed by atoms with Crippen LogP contribution in [0.15, 0.2) is 54.7 Å². The van der Waals surface area contributed by atoms with Crippen LogP contribution in [-0.2, 0) is 25.6 Å². The molecule has 1 unspecified atom stereocenters. The first-order valence-corrected chi connectivity index (χ1v) is 15.8. The largest absolute Gasteiger partial charge is 0.444 e. The van der Waals surface area contributed by atoms with Crippen LogP contribution in [0.25, 0.3) is 11.1 Å². The lowest BCUT2D eigenvalue weighted by atomic mass is 10.00. The lowest BCUT2D eigenvalue weighted by Gasteiger charge is -2.27. The molecule has 0 bridgehead atoms. The van der Waals surface area contributed by atoms with Crippen molar-refractivity contribution in [1.82, 2.24) is 4.98 Å². The highest BCUT2D eigenvalue weighted by Gasteiger charge is 2.22. The zero-order valence-electron chi connectivity index (χ0n) is 27.3. The number of carbonyl (C=O) groups excluding carboxylic acids is 3. The van der Waals surface area contributed by atoms with Crippen molar-refractivity contribution in [3.63, 3.8) is 0 Å². The Labute approximate surface area is 275 Å². The fourth-order valence-corrected chi connectivity index (χ4v) is 5.10. The predicted octanol–water partition coefficient (Wildman–Crippen LogP) is 7.85. The number of hydrogen-bond acceptors (Lipinski definition) is 8. The number of nitrogens with one attached hydrogen (secondary N) is 2. The molecule has 1 fully saturated rings. The third-order valence-corrected chi connectivity index (χ3v) is 7.66. The van der Waals surface area contributed by atoms with Crippen molar-refractivity contribution in [3.8, 4) is 11.1 Å². The Balaban J connectivity index is 1.47. The van der Waals surface area contributed by atoms with Crippen LogP contribution in [0.2, 0.25) is 5.02 Å². The number of nitrogens with zero attached hydrogens (tertiary/aromatic N) is 2. The van der Waals surface area contributed by atoms with Gasteiger partial charge in [0.25, 0.3) is 0 Å². The highest BCUT2D eigenvalue weighted by molar-refractivity contribution is 6.34. The Morgan fingerprint density at radius 2 is 1.78 bits per heavy atom. The maximum Gasteiger partial charge on any atom is 0.412 e. The van der Waals surface area contributed by atoms with Crippen LogP contribution in [0.3, 0.4) is 0 Å². The van der Waals surface area contributed by atoms with Crippen molar-refractivity contribution in [1.29, 1.82) is 0 Å². The van der Waals surface area contributed by atoms with Gasteiger partial charge in [-0.05, 0) is 95.3 Å². The van der Waals surface area contributed by atoms with Gasteiger partial charge in [0.05, 0.1) is 40.8 Å². The van der Waals surface area contributed by atoms with E-state index >= 15 is 0 Å². The Hall–Kier alpha value is -3.99. The Kier molecular flexibility index (Phi) is 11.8. The topological polar surface area (TPSA) is 119 Å². The lowest BCUT2D eigenvalue weighted by Crippen LogP contribution is -2.29. The van der Waals surface area contributed by atoms with Crippen LogP contribution >= 0.6 is 11.6 Å². The average Bonchev–Trinajstić information content (AvgIpc) is 3.00. The molecule has 0 saturated carbocycles. The summed E-state index contributed by atoms with van der Waals surface area (Å²) in [5.74, 6) is -0.924. The third-order valence-electron chi connectivity index (χ3n) is 7.36. The average molecular weight is 651 g/mol. The van der Waals surface area contributed by atoms with Crippen LogP contribution in [0.1, 0.15) is 76.4 Å². The van der Waals surface area contributed by atoms with Crippen molar-refractivity contribution in [2.24, 2.45) is 0 Å². The summed E-state index contributed by atoms with van der Waals surface area (Å²) < 4.78 is 16.9. The molecule has 0 aliphatic carbocycles. The minimum Gasteiger partial charge on any atom is -0.444 e. The Bertz CT molecular complexity index is 1550. The van der Waals surface area contributed by atoms with Gasteiger partial charge in [-0.25, -0.2) is 4.79 Å². The number of ketones is 1. The molecular weight excluding hydrogens is 608 g/mol. The van der Waals surface area contributed by atoms with Crippen molar-refractivity contribution in [2.45, 2.75) is 84.8 Å². The van der Waals surface area contributed by atoms with Gasteiger partial charge in [-0.15, -0.1) is 0 Å². The Morgan fingerprint density at radius 3 is 2.48 bits per heavy atom. The molecule has 2 N–H and O–H groups in total. The monoisotopic (exact) mass is 650 g/mol. The van der Waals surface area contributed by atoms with Crippen LogP contribution < -0.4 is 15.5 Å². The minimum atomic E-state index is -0.728. The normalized spacial score (nSPS) is 14.9. The van der Waals surface area contributed by atoms with E-state index in [0.29, 0.717) is 29.5 Å². The number of hydrogen-bond donors (Lipinski definition) is 2. The molecule has 3 aromatic rings. The zero-order valence-corrected chi connectivity index (χ0v) is 28.1. The van der Waals surface area contributed by atoms with Crippen molar-refractivity contribution in [3.05, 3.63) is 71.0 Å². The maximum absolute atomic E-state index is 13.2. The van der Waals surface area contributed by atoms with Gasteiger partial charge in [0, 0.05) is 31.5 Å². The molecule has 4 rings (SSSR count). The molecule has 0 radical (unpaired) electrons. The quantitative estimate of drug-likeness (QED) is 0.159. The summed E-state index contributed by atoms with van der Waals surface area (Å²) in [5, 5.41) is 5.82. The summed E-state index contributed by atoms with van der Waals surface area (Å²) in [4.78, 5) is 45.4. The number of carbonyl (C=O) groups is 3. The van der Waals surface area contributed by atoms with E-state index in [1.165, 1.54) is 0 Å². The predicted molar refractivity (Wildman–Crippen MR) is 180 cm³/mol. The summed E-state index contributed by atoms with van der Waals surface area (Å²) in [6.07, 6.45) is 3.38. The number of rotatable bonds is 11. The fourth-order valence-electron chi connectivity index (χ4n) is 4.80. The molecule has 2 amide bonds. The second-order valence-corrected chi connectivity index (χ2v) is 13.0. The molecule has 11 heteroatoms. The molecule has 1 aromatic heterocycles. The number of pyridine rings is 1. The first kappa shape index (κ1) is 34.9. The molecular formula is C35H43ClN4O6. The molecule has 10 nitrogen and oxygen atoms in total. The third kappa shape index (κ3) is 10.0. The molecule has 0 spiro atoms. The molecule has 1 saturated heterocycles. The number of aromatic nitrogens is 1. The van der Waals surface area contributed by atoms with Gasteiger partial charge in [0.2, 0.25) is 5.91 Å². The zero-order chi connectivity index (χ0) is 33.4. The number of ether oxygens (including phenoxy) is 3. The molecule has 1 atom stereocenters. The van der Waals surface area contributed by atoms with Gasteiger partial charge in [0.1, 0.15) is 5.60 Å². The smallest absolute Gasteiger partial charge is 0.412 e. The highest BCUT2D eigenvalue weighted by atomic mass is 35.5. The van der Waals surface area contributed by atoms with Gasteiger partial charge in [-0.2, -0.15) is 0 Å². The van der Waals surface area contributed by atoms with Crippen LogP contribution in [-0.4, -0.2) is 54.4 Å². The molecule has 46 heavy (non-hydrogen) atoms. The summed E-state index contributed by atoms with van der Waals surface area (Å²) >= 11 is 6.59. The van der Waals surface area contributed by atoms with Gasteiger partial charge in [-0.3, -0.25) is 19.9 Å². The standard InChI is InChI=1S/C35H43ClN4O6/c1-22(2)40(6)30-19-29(39-34(43)46-35(3,4)5)28(18-27(30)36)38-32(42)20-31(41)25-11-9-10-23(16-25)24-13-14-37-26(17-24)21-45-33-12-7-8-15-44-33/h9-11,13-14,16-19,22,33H,7-8,12,15,20-21H2,1-6H3,(H,38,42)(H,39,43). The van der Waals surface area contributed by atoms with E-state index in [-0.39, 0.29) is 29.5 Å². The summed E-state index contributed by atoms with van der Waals surface area (Å²) in [6, 6.07) is 14.2. The Morgan fingerprint density at radius 1 is 1.04 bits per heavy atom. The molecule has 1 aliphatic rings. The SMILES string of the molecule is CC(C)N(C)c1cc(NC(=O)OC(C)(C)C)c(NC(=O)CC(=O)c2cccc(-c3ccnc(COC4CCCCO4)c3)c2)cc1Cl. The van der Waals surface area contributed by atoms with Crippen LogP contribution in [0.4, 0.5) is 21.9 Å². The fraction of sp³-hybridized carbons (Fsp3) is 0.429. The second kappa shape index (κ2) is 15.5. The van der Waals surface area contributed by atoms with Crippen molar-refractivity contribution >= 4 is 46.4 Å². The van der Waals surface area contributed by atoms with E-state index in [1.807, 2.05) is 44.0 Å². The number of Topliss-reactive ketones (excluding diaryl/α,β-unsaturated/α-hetero) is 1. The van der Waals surface area contributed by atoms with Crippen LogP contribution in [0, 0.1) is 0 Å². The molecule has 1 aliphatic heterocycles. The first-order valence-electron chi connectivity index (χ1n) is 15.5. The van der Waals surface area contributed by atoms with Gasteiger partial charge >= 0.3 is 6.09 Å². The van der Waals surface area contributed by atoms with E-state index in [1.54, 1.807) is 57.3 Å². The highest BCUT2D eigenvalue weighted by Crippen LogP contribution is 2.36. The second-order valence-electron chi connectivity index (χ2n) is 12.6. The summed E-state index contributed by atoms with van der Waals surface area (Å²) in [5.41, 5.74) is 3.28. The van der Waals surface area contributed by atoms with Crippen LogP contribution in [0.5, 0.6) is 0 Å². The molecule has 2 aromatic carbocycles. The minimum absolute atomic E-state index is 0.115. The maximum atomic E-state index is 13.2. The molecule has 2 heterocycles. The van der Waals surface area contributed by atoms with Gasteiger partial charge < -0.3 is 24.4 Å². The number of halogens is 1. The van der Waals surface area contributed by atoms with Gasteiger partial charge in [-0.1, -0.05) is 29.8 Å². The van der Waals surface area contributed by atoms with E-state index in [4.69, 9.17) is 25.8 Å². The van der Waals surface area contributed by atoms with Gasteiger partial charge in [0.15, 0.2) is 12.1 Å². The van der Waals surface area contributed by atoms with E-state index in [0.717, 1.165) is 36.1 Å². The number of benzene rings is 2.